The first-order chi connectivity index (χ1) is 10.8. The van der Waals surface area contributed by atoms with Crippen LogP contribution in [0.1, 0.15) is 32.3 Å². The van der Waals surface area contributed by atoms with Gasteiger partial charge in [-0.1, -0.05) is 6.07 Å². The molecule has 0 unspecified atom stereocenters. The van der Waals surface area contributed by atoms with Crippen molar-refractivity contribution in [3.05, 3.63) is 35.4 Å². The highest BCUT2D eigenvalue weighted by atomic mass is 19.2. The molecule has 0 fully saturated rings. The zero-order valence-corrected chi connectivity index (χ0v) is 13.2. The summed E-state index contributed by atoms with van der Waals surface area (Å²) in [6.07, 6.45) is -0.136. The molecule has 0 saturated heterocycles. The number of hydrogen-bond acceptors (Lipinski definition) is 3. The van der Waals surface area contributed by atoms with Crippen molar-refractivity contribution in [2.75, 3.05) is 13.2 Å². The number of hydrogen-bond donors (Lipinski definition) is 1. The molecule has 1 N–H and O–H groups in total. The molecule has 0 aromatic heterocycles. The Balaban J connectivity index is 2.72. The fraction of sp³-hybridized carbons (Fsp3) is 0.500. The highest BCUT2D eigenvalue weighted by molar-refractivity contribution is 5.77. The van der Waals surface area contributed by atoms with Gasteiger partial charge in [-0.05, 0) is 31.5 Å². The van der Waals surface area contributed by atoms with Crippen molar-refractivity contribution in [1.82, 2.24) is 4.90 Å². The van der Waals surface area contributed by atoms with Gasteiger partial charge < -0.3 is 14.7 Å². The monoisotopic (exact) mass is 329 g/mol. The van der Waals surface area contributed by atoms with E-state index in [0.717, 1.165) is 12.1 Å². The van der Waals surface area contributed by atoms with Gasteiger partial charge in [-0.25, -0.2) is 8.78 Å². The van der Waals surface area contributed by atoms with Crippen LogP contribution in [0.3, 0.4) is 0 Å². The molecule has 1 aromatic rings. The van der Waals surface area contributed by atoms with Crippen molar-refractivity contribution in [2.24, 2.45) is 0 Å². The molecule has 0 saturated carbocycles. The molecule has 0 spiro atoms. The number of benzene rings is 1. The van der Waals surface area contributed by atoms with Gasteiger partial charge in [0.2, 0.25) is 5.91 Å². The fourth-order valence-electron chi connectivity index (χ4n) is 1.92. The van der Waals surface area contributed by atoms with Crippen LogP contribution < -0.4 is 0 Å². The van der Waals surface area contributed by atoms with Crippen molar-refractivity contribution in [3.63, 3.8) is 0 Å². The standard InChI is InChI=1S/C16H21F2NO4/c1-11(2)23-8-6-15(20)19(7-5-16(21)22)10-12-3-4-13(17)14(18)9-12/h3-4,9,11H,5-8,10H2,1-2H3,(H,21,22). The number of aliphatic carboxylic acids is 1. The summed E-state index contributed by atoms with van der Waals surface area (Å²) in [7, 11) is 0. The number of halogens is 2. The summed E-state index contributed by atoms with van der Waals surface area (Å²) in [6, 6.07) is 3.34. The van der Waals surface area contributed by atoms with E-state index in [1.807, 2.05) is 13.8 Å². The molecule has 0 aliphatic carbocycles. The molecule has 0 aliphatic rings. The molecule has 23 heavy (non-hydrogen) atoms. The van der Waals surface area contributed by atoms with Gasteiger partial charge in [0.25, 0.3) is 0 Å². The van der Waals surface area contributed by atoms with Crippen LogP contribution in [-0.2, 0) is 20.9 Å². The Morgan fingerprint density at radius 1 is 1.22 bits per heavy atom. The summed E-state index contributed by atoms with van der Waals surface area (Å²) in [6.45, 7) is 3.92. The molecule has 0 aliphatic heterocycles. The van der Waals surface area contributed by atoms with Crippen LogP contribution in [0.2, 0.25) is 0 Å². The summed E-state index contributed by atoms with van der Waals surface area (Å²) >= 11 is 0. The molecule has 0 radical (unpaired) electrons. The first-order valence-corrected chi connectivity index (χ1v) is 7.34. The van der Waals surface area contributed by atoms with Gasteiger partial charge in [0.05, 0.1) is 25.6 Å². The van der Waals surface area contributed by atoms with Crippen LogP contribution in [-0.4, -0.2) is 41.1 Å². The molecular formula is C16H21F2NO4. The molecule has 0 heterocycles. The van der Waals surface area contributed by atoms with Crippen LogP contribution >= 0.6 is 0 Å². The Morgan fingerprint density at radius 3 is 2.48 bits per heavy atom. The van der Waals surface area contributed by atoms with E-state index in [4.69, 9.17) is 9.84 Å². The van der Waals surface area contributed by atoms with E-state index in [-0.39, 0.29) is 44.5 Å². The maximum atomic E-state index is 13.2. The normalized spacial score (nSPS) is 10.8. The van der Waals surface area contributed by atoms with Crippen LogP contribution in [0.5, 0.6) is 0 Å². The maximum Gasteiger partial charge on any atom is 0.305 e. The lowest BCUT2D eigenvalue weighted by atomic mass is 10.2. The molecule has 1 aromatic carbocycles. The first-order valence-electron chi connectivity index (χ1n) is 7.34. The van der Waals surface area contributed by atoms with Gasteiger partial charge in [-0.15, -0.1) is 0 Å². The Hall–Kier alpha value is -2.02. The third-order valence-electron chi connectivity index (χ3n) is 3.07. The number of carboxylic acid groups (broad SMARTS) is 1. The molecule has 0 atom stereocenters. The van der Waals surface area contributed by atoms with Crippen molar-refractivity contribution < 1.29 is 28.2 Å². The largest absolute Gasteiger partial charge is 0.481 e. The second-order valence-corrected chi connectivity index (χ2v) is 5.38. The van der Waals surface area contributed by atoms with Crippen molar-refractivity contribution in [1.29, 1.82) is 0 Å². The lowest BCUT2D eigenvalue weighted by molar-refractivity contribution is -0.139. The summed E-state index contributed by atoms with van der Waals surface area (Å²) in [5, 5.41) is 8.77. The van der Waals surface area contributed by atoms with Gasteiger partial charge in [0.1, 0.15) is 0 Å². The lowest BCUT2D eigenvalue weighted by Crippen LogP contribution is -2.33. The summed E-state index contributed by atoms with van der Waals surface area (Å²) in [5.74, 6) is -3.30. The van der Waals surface area contributed by atoms with Gasteiger partial charge in [-0.3, -0.25) is 9.59 Å². The number of rotatable bonds is 9. The molecule has 5 nitrogen and oxygen atoms in total. The van der Waals surface area contributed by atoms with Gasteiger partial charge in [0.15, 0.2) is 11.6 Å². The maximum absolute atomic E-state index is 13.2. The Bertz CT molecular complexity index is 549. The van der Waals surface area contributed by atoms with Gasteiger partial charge in [-0.2, -0.15) is 0 Å². The molecule has 128 valence electrons. The number of carbonyl (C=O) groups is 2. The van der Waals surface area contributed by atoms with E-state index in [1.54, 1.807) is 0 Å². The smallest absolute Gasteiger partial charge is 0.305 e. The quantitative estimate of drug-likeness (QED) is 0.756. The van der Waals surface area contributed by atoms with E-state index in [2.05, 4.69) is 0 Å². The van der Waals surface area contributed by atoms with E-state index in [0.29, 0.717) is 5.56 Å². The van der Waals surface area contributed by atoms with Crippen molar-refractivity contribution >= 4 is 11.9 Å². The molecule has 0 bridgehead atoms. The summed E-state index contributed by atoms with van der Waals surface area (Å²) in [5.41, 5.74) is 0.396. The average Bonchev–Trinajstić information content (AvgIpc) is 2.46. The average molecular weight is 329 g/mol. The van der Waals surface area contributed by atoms with E-state index >= 15 is 0 Å². The van der Waals surface area contributed by atoms with Crippen molar-refractivity contribution in [2.45, 2.75) is 39.3 Å². The summed E-state index contributed by atoms with van der Waals surface area (Å²) in [4.78, 5) is 24.2. The van der Waals surface area contributed by atoms with Gasteiger partial charge in [0, 0.05) is 13.1 Å². The van der Waals surface area contributed by atoms with E-state index in [9.17, 15) is 18.4 Å². The van der Waals surface area contributed by atoms with Crippen molar-refractivity contribution in [3.8, 4) is 0 Å². The highest BCUT2D eigenvalue weighted by Gasteiger charge is 2.16. The zero-order valence-electron chi connectivity index (χ0n) is 13.2. The molecule has 1 amide bonds. The number of ether oxygens (including phenoxy) is 1. The van der Waals surface area contributed by atoms with Crippen LogP contribution in [0.4, 0.5) is 8.78 Å². The Labute approximate surface area is 133 Å². The highest BCUT2D eigenvalue weighted by Crippen LogP contribution is 2.12. The topological polar surface area (TPSA) is 66.8 Å². The van der Waals surface area contributed by atoms with Crippen LogP contribution in [0, 0.1) is 11.6 Å². The minimum atomic E-state index is -1.04. The second-order valence-electron chi connectivity index (χ2n) is 5.38. The number of amides is 1. The number of carbonyl (C=O) groups excluding carboxylic acids is 1. The fourth-order valence-corrected chi connectivity index (χ4v) is 1.92. The predicted octanol–water partition coefficient (Wildman–Crippen LogP) is 2.58. The number of carboxylic acids is 1. The Morgan fingerprint density at radius 2 is 1.91 bits per heavy atom. The second kappa shape index (κ2) is 9.19. The lowest BCUT2D eigenvalue weighted by Gasteiger charge is -2.22. The SMILES string of the molecule is CC(C)OCCC(=O)N(CCC(=O)O)Cc1ccc(F)c(F)c1. The minimum absolute atomic E-state index is 0.00512. The van der Waals surface area contributed by atoms with E-state index < -0.39 is 17.6 Å². The molecule has 1 rings (SSSR count). The van der Waals surface area contributed by atoms with Crippen LogP contribution in [0.15, 0.2) is 18.2 Å². The van der Waals surface area contributed by atoms with Crippen LogP contribution in [0.25, 0.3) is 0 Å². The summed E-state index contributed by atoms with van der Waals surface area (Å²) < 4.78 is 31.5. The van der Waals surface area contributed by atoms with Gasteiger partial charge >= 0.3 is 5.97 Å². The first kappa shape index (κ1) is 19.0. The Kier molecular flexibility index (Phi) is 7.61. The molecule has 7 heteroatoms. The zero-order chi connectivity index (χ0) is 17.4. The predicted molar refractivity (Wildman–Crippen MR) is 79.7 cm³/mol. The van der Waals surface area contributed by atoms with E-state index in [1.165, 1.54) is 11.0 Å². The third kappa shape index (κ3) is 7.19. The third-order valence-corrected chi connectivity index (χ3v) is 3.07. The minimum Gasteiger partial charge on any atom is -0.481 e. The number of nitrogens with zero attached hydrogens (tertiary/aromatic N) is 1. The molecular weight excluding hydrogens is 308 g/mol.